The zero-order valence-electron chi connectivity index (χ0n) is 13.8. The third-order valence-corrected chi connectivity index (χ3v) is 4.40. The largest absolute Gasteiger partial charge is 0.320 e. The lowest BCUT2D eigenvalue weighted by atomic mass is 10.1. The Morgan fingerprint density at radius 2 is 1.90 bits per heavy atom. The number of nitrogens with zero attached hydrogens (tertiary/aromatic N) is 2. The van der Waals surface area contributed by atoms with Gasteiger partial charge < -0.3 is 9.80 Å². The molecule has 0 bridgehead atoms. The first-order valence-electron chi connectivity index (χ1n) is 7.73. The topological polar surface area (TPSA) is 35.6 Å². The number of amides is 1. The van der Waals surface area contributed by atoms with Crippen molar-refractivity contribution in [3.05, 3.63) is 35.4 Å². The summed E-state index contributed by atoms with van der Waals surface area (Å²) < 4.78 is 0. The quantitative estimate of drug-likeness (QED) is 0.902. The number of hydrogen-bond acceptors (Lipinski definition) is 3. The average Bonchev–Trinajstić information content (AvgIpc) is 2.76. The molecular weight excluding hydrogens is 262 g/mol. The van der Waals surface area contributed by atoms with Crippen LogP contribution in [-0.2, 0) is 4.79 Å². The van der Waals surface area contributed by atoms with Gasteiger partial charge in [-0.3, -0.25) is 10.1 Å². The molecule has 1 aliphatic heterocycles. The SMILES string of the molecule is CCC1NC(c2ccc(C)cc2)N(CC(C)N(C)C)C1=O. The van der Waals surface area contributed by atoms with E-state index in [-0.39, 0.29) is 18.1 Å². The molecule has 0 radical (unpaired) electrons. The molecule has 1 aliphatic rings. The number of rotatable bonds is 5. The molecular formula is C17H27N3O. The second-order valence-corrected chi connectivity index (χ2v) is 6.24. The van der Waals surface area contributed by atoms with Crippen molar-refractivity contribution < 1.29 is 4.79 Å². The maximum absolute atomic E-state index is 12.6. The number of likely N-dealkylation sites (N-methyl/N-ethyl adjacent to an activating group) is 1. The van der Waals surface area contributed by atoms with Crippen LogP contribution < -0.4 is 5.32 Å². The predicted octanol–water partition coefficient (Wildman–Crippen LogP) is 2.15. The highest BCUT2D eigenvalue weighted by Gasteiger charge is 2.39. The van der Waals surface area contributed by atoms with E-state index in [4.69, 9.17) is 0 Å². The molecule has 116 valence electrons. The molecule has 1 aromatic rings. The molecule has 21 heavy (non-hydrogen) atoms. The molecule has 2 rings (SSSR count). The molecule has 0 aromatic heterocycles. The first-order valence-corrected chi connectivity index (χ1v) is 7.73. The van der Waals surface area contributed by atoms with Crippen LogP contribution in [0.5, 0.6) is 0 Å². The van der Waals surface area contributed by atoms with Crippen molar-refractivity contribution >= 4 is 5.91 Å². The summed E-state index contributed by atoms with van der Waals surface area (Å²) in [6.45, 7) is 7.03. The van der Waals surface area contributed by atoms with Crippen LogP contribution in [0.15, 0.2) is 24.3 Å². The number of aryl methyl sites for hydroxylation is 1. The van der Waals surface area contributed by atoms with Gasteiger partial charge in [-0.2, -0.15) is 0 Å². The molecule has 0 aliphatic carbocycles. The van der Waals surface area contributed by atoms with Gasteiger partial charge in [0.05, 0.1) is 6.04 Å². The second-order valence-electron chi connectivity index (χ2n) is 6.24. The predicted molar refractivity (Wildman–Crippen MR) is 86.0 cm³/mol. The Morgan fingerprint density at radius 1 is 1.29 bits per heavy atom. The smallest absolute Gasteiger partial charge is 0.241 e. The number of benzene rings is 1. The molecule has 1 N–H and O–H groups in total. The molecule has 1 fully saturated rings. The van der Waals surface area contributed by atoms with Crippen molar-refractivity contribution in [3.8, 4) is 0 Å². The molecule has 1 aromatic carbocycles. The molecule has 1 saturated heterocycles. The first-order chi connectivity index (χ1) is 9.93. The Morgan fingerprint density at radius 3 is 2.43 bits per heavy atom. The van der Waals surface area contributed by atoms with Crippen LogP contribution in [0.25, 0.3) is 0 Å². The summed E-state index contributed by atoms with van der Waals surface area (Å²) in [5.74, 6) is 0.219. The fraction of sp³-hybridized carbons (Fsp3) is 0.588. The van der Waals surface area contributed by atoms with E-state index in [2.05, 4.69) is 69.3 Å². The fourth-order valence-electron chi connectivity index (χ4n) is 2.64. The Hall–Kier alpha value is -1.39. The standard InChI is InChI=1S/C17H27N3O/c1-6-15-17(21)20(11-13(3)19(4)5)16(18-15)14-9-7-12(2)8-10-14/h7-10,13,15-16,18H,6,11H2,1-5H3. The first kappa shape index (κ1) is 16.0. The molecule has 1 heterocycles. The van der Waals surface area contributed by atoms with E-state index >= 15 is 0 Å². The maximum atomic E-state index is 12.6. The number of carbonyl (C=O) groups is 1. The van der Waals surface area contributed by atoms with Crippen molar-refractivity contribution in [1.29, 1.82) is 0 Å². The Kier molecular flexibility index (Phi) is 5.01. The second kappa shape index (κ2) is 6.58. The molecule has 4 heteroatoms. The minimum atomic E-state index is -0.0642. The summed E-state index contributed by atoms with van der Waals surface area (Å²) in [7, 11) is 4.10. The van der Waals surface area contributed by atoms with E-state index in [1.165, 1.54) is 5.56 Å². The van der Waals surface area contributed by atoms with Crippen LogP contribution in [0.2, 0.25) is 0 Å². The van der Waals surface area contributed by atoms with Gasteiger partial charge in [0.15, 0.2) is 0 Å². The minimum absolute atomic E-state index is 0.00884. The van der Waals surface area contributed by atoms with E-state index in [0.29, 0.717) is 6.04 Å². The van der Waals surface area contributed by atoms with Crippen LogP contribution in [0.4, 0.5) is 0 Å². The fourth-order valence-corrected chi connectivity index (χ4v) is 2.64. The van der Waals surface area contributed by atoms with Crippen LogP contribution in [0, 0.1) is 6.92 Å². The van der Waals surface area contributed by atoms with Gasteiger partial charge in [0, 0.05) is 12.6 Å². The van der Waals surface area contributed by atoms with Gasteiger partial charge in [-0.25, -0.2) is 0 Å². The molecule has 0 spiro atoms. The van der Waals surface area contributed by atoms with Gasteiger partial charge in [-0.05, 0) is 39.9 Å². The minimum Gasteiger partial charge on any atom is -0.320 e. The molecule has 3 unspecified atom stereocenters. The van der Waals surface area contributed by atoms with Crippen LogP contribution in [-0.4, -0.2) is 48.4 Å². The zero-order valence-corrected chi connectivity index (χ0v) is 13.8. The van der Waals surface area contributed by atoms with E-state index in [0.717, 1.165) is 18.5 Å². The van der Waals surface area contributed by atoms with Gasteiger partial charge in [-0.1, -0.05) is 36.8 Å². The van der Waals surface area contributed by atoms with E-state index in [1.54, 1.807) is 0 Å². The highest BCUT2D eigenvalue weighted by molar-refractivity contribution is 5.84. The normalized spacial score (nSPS) is 23.9. The molecule has 1 amide bonds. The lowest BCUT2D eigenvalue weighted by Crippen LogP contribution is -2.41. The van der Waals surface area contributed by atoms with Crippen LogP contribution >= 0.6 is 0 Å². The number of hydrogen-bond donors (Lipinski definition) is 1. The average molecular weight is 289 g/mol. The highest BCUT2D eigenvalue weighted by Crippen LogP contribution is 2.27. The third-order valence-electron chi connectivity index (χ3n) is 4.40. The number of carbonyl (C=O) groups excluding carboxylic acids is 1. The Bertz CT molecular complexity index is 483. The van der Waals surface area contributed by atoms with Gasteiger partial charge in [0.1, 0.15) is 6.17 Å². The lowest BCUT2D eigenvalue weighted by Gasteiger charge is -2.30. The van der Waals surface area contributed by atoms with Gasteiger partial charge >= 0.3 is 0 Å². The summed E-state index contributed by atoms with van der Waals surface area (Å²) >= 11 is 0. The molecule has 4 nitrogen and oxygen atoms in total. The van der Waals surface area contributed by atoms with Crippen molar-refractivity contribution in [2.75, 3.05) is 20.6 Å². The molecule has 0 saturated carbocycles. The zero-order chi connectivity index (χ0) is 15.6. The summed E-state index contributed by atoms with van der Waals surface area (Å²) in [6.07, 6.45) is 0.819. The summed E-state index contributed by atoms with van der Waals surface area (Å²) in [6, 6.07) is 8.71. The monoisotopic (exact) mass is 289 g/mol. The van der Waals surface area contributed by atoms with E-state index in [9.17, 15) is 4.79 Å². The maximum Gasteiger partial charge on any atom is 0.241 e. The van der Waals surface area contributed by atoms with Crippen LogP contribution in [0.1, 0.15) is 37.6 Å². The number of nitrogens with one attached hydrogen (secondary N) is 1. The van der Waals surface area contributed by atoms with Gasteiger partial charge in [0.25, 0.3) is 0 Å². The van der Waals surface area contributed by atoms with Gasteiger partial charge in [0.2, 0.25) is 5.91 Å². The van der Waals surface area contributed by atoms with Crippen molar-refractivity contribution in [1.82, 2.24) is 15.1 Å². The highest BCUT2D eigenvalue weighted by atomic mass is 16.2. The van der Waals surface area contributed by atoms with Crippen LogP contribution in [0.3, 0.4) is 0 Å². The summed E-state index contributed by atoms with van der Waals surface area (Å²) in [5.41, 5.74) is 2.40. The summed E-state index contributed by atoms with van der Waals surface area (Å²) in [5, 5.41) is 3.48. The van der Waals surface area contributed by atoms with Crippen molar-refractivity contribution in [2.24, 2.45) is 0 Å². The van der Waals surface area contributed by atoms with Crippen molar-refractivity contribution in [3.63, 3.8) is 0 Å². The Balaban J connectivity index is 2.23. The van der Waals surface area contributed by atoms with E-state index < -0.39 is 0 Å². The Labute approximate surface area is 128 Å². The van der Waals surface area contributed by atoms with Gasteiger partial charge in [-0.15, -0.1) is 0 Å². The third kappa shape index (κ3) is 3.44. The summed E-state index contributed by atoms with van der Waals surface area (Å²) in [4.78, 5) is 16.7. The van der Waals surface area contributed by atoms with E-state index in [1.807, 2.05) is 4.90 Å². The van der Waals surface area contributed by atoms with Crippen molar-refractivity contribution in [2.45, 2.75) is 45.4 Å². The molecule has 3 atom stereocenters. The lowest BCUT2D eigenvalue weighted by molar-refractivity contribution is -0.130.